The van der Waals surface area contributed by atoms with Gasteiger partial charge >= 0.3 is 0 Å². The second kappa shape index (κ2) is 6.70. The van der Waals surface area contributed by atoms with Crippen LogP contribution in [0.3, 0.4) is 0 Å². The van der Waals surface area contributed by atoms with Crippen LogP contribution < -0.4 is 10.9 Å². The highest BCUT2D eigenvalue weighted by atomic mass is 32.1. The molecule has 6 heteroatoms. The van der Waals surface area contributed by atoms with Gasteiger partial charge in [-0.25, -0.2) is 4.98 Å². The summed E-state index contributed by atoms with van der Waals surface area (Å²) < 4.78 is 5.46. The van der Waals surface area contributed by atoms with E-state index in [2.05, 4.69) is 15.5 Å². The van der Waals surface area contributed by atoms with E-state index < -0.39 is 0 Å². The van der Waals surface area contributed by atoms with Crippen LogP contribution >= 0.6 is 11.3 Å². The van der Waals surface area contributed by atoms with Crippen molar-refractivity contribution in [3.05, 3.63) is 82.0 Å². The fourth-order valence-corrected chi connectivity index (χ4v) is 3.07. The molecule has 25 heavy (non-hydrogen) atoms. The third kappa shape index (κ3) is 3.20. The Morgan fingerprint density at radius 2 is 1.88 bits per heavy atom. The van der Waals surface area contributed by atoms with Crippen molar-refractivity contribution in [2.45, 2.75) is 0 Å². The Hall–Kier alpha value is -3.25. The van der Waals surface area contributed by atoms with E-state index in [-0.39, 0.29) is 5.43 Å². The summed E-state index contributed by atoms with van der Waals surface area (Å²) in [5.41, 5.74) is 5.61. The molecule has 0 unspecified atom stereocenters. The van der Waals surface area contributed by atoms with Crippen molar-refractivity contribution in [2.75, 3.05) is 5.43 Å². The Balaban J connectivity index is 1.53. The predicted octanol–water partition coefficient (Wildman–Crippen LogP) is 4.36. The molecule has 2 aromatic carbocycles. The minimum atomic E-state index is -0.114. The third-order valence-electron chi connectivity index (χ3n) is 3.64. The average Bonchev–Trinajstić information content (AvgIpc) is 3.13. The predicted molar refractivity (Wildman–Crippen MR) is 101 cm³/mol. The second-order valence-corrected chi connectivity index (χ2v) is 6.15. The number of anilines is 1. The molecule has 5 nitrogen and oxygen atoms in total. The molecule has 0 radical (unpaired) electrons. The van der Waals surface area contributed by atoms with Crippen molar-refractivity contribution in [2.24, 2.45) is 5.10 Å². The average molecular weight is 347 g/mol. The summed E-state index contributed by atoms with van der Waals surface area (Å²) in [6, 6.07) is 17.0. The van der Waals surface area contributed by atoms with E-state index in [4.69, 9.17) is 4.42 Å². The van der Waals surface area contributed by atoms with Gasteiger partial charge in [0.15, 0.2) is 0 Å². The molecule has 0 atom stereocenters. The highest BCUT2D eigenvalue weighted by Crippen LogP contribution is 2.24. The van der Waals surface area contributed by atoms with Crippen LogP contribution in [0.5, 0.6) is 0 Å². The monoisotopic (exact) mass is 347 g/mol. The zero-order chi connectivity index (χ0) is 17.1. The van der Waals surface area contributed by atoms with Crippen molar-refractivity contribution in [1.29, 1.82) is 0 Å². The Bertz CT molecular complexity index is 1100. The molecule has 4 rings (SSSR count). The number of hydrogen-bond donors (Lipinski definition) is 1. The first-order valence-electron chi connectivity index (χ1n) is 7.62. The number of rotatable bonds is 4. The minimum Gasteiger partial charge on any atom is -0.463 e. The maximum atomic E-state index is 12.4. The molecule has 2 aromatic heterocycles. The zero-order valence-electron chi connectivity index (χ0n) is 13.0. The topological polar surface area (TPSA) is 67.5 Å². The van der Waals surface area contributed by atoms with E-state index >= 15 is 0 Å². The van der Waals surface area contributed by atoms with Crippen molar-refractivity contribution >= 4 is 33.7 Å². The number of hydrazone groups is 1. The van der Waals surface area contributed by atoms with Gasteiger partial charge in [-0.2, -0.15) is 5.10 Å². The molecule has 0 saturated carbocycles. The van der Waals surface area contributed by atoms with Gasteiger partial charge in [0.25, 0.3) is 0 Å². The molecule has 0 fully saturated rings. The standard InChI is InChI=1S/C19H13N3O2S/c23-18-14(11-24-17-9-5-4-8-15(17)18)10-20-22-19-21-16(12-25-19)13-6-2-1-3-7-13/h1-12H,(H,21,22)/b20-10+. The van der Waals surface area contributed by atoms with Crippen molar-refractivity contribution in [1.82, 2.24) is 4.98 Å². The number of aromatic nitrogens is 1. The van der Waals surface area contributed by atoms with E-state index in [1.165, 1.54) is 23.8 Å². The van der Waals surface area contributed by atoms with Gasteiger partial charge < -0.3 is 4.42 Å². The van der Waals surface area contributed by atoms with Gasteiger partial charge in [0.05, 0.1) is 22.9 Å². The maximum Gasteiger partial charge on any atom is 0.203 e. The Morgan fingerprint density at radius 1 is 1.08 bits per heavy atom. The van der Waals surface area contributed by atoms with E-state index in [9.17, 15) is 4.79 Å². The second-order valence-electron chi connectivity index (χ2n) is 5.29. The number of thiazole rings is 1. The van der Waals surface area contributed by atoms with E-state index in [0.717, 1.165) is 11.3 Å². The van der Waals surface area contributed by atoms with Gasteiger partial charge in [-0.05, 0) is 12.1 Å². The summed E-state index contributed by atoms with van der Waals surface area (Å²) in [5, 5.41) is 7.24. The largest absolute Gasteiger partial charge is 0.463 e. The summed E-state index contributed by atoms with van der Waals surface area (Å²) in [6.07, 6.45) is 2.86. The van der Waals surface area contributed by atoms with E-state index in [1.54, 1.807) is 18.2 Å². The van der Waals surface area contributed by atoms with Crippen LogP contribution in [-0.4, -0.2) is 11.2 Å². The molecule has 0 aliphatic carbocycles. The summed E-state index contributed by atoms with van der Waals surface area (Å²) >= 11 is 1.45. The quantitative estimate of drug-likeness (QED) is 0.440. The van der Waals surface area contributed by atoms with Gasteiger partial charge in [0.1, 0.15) is 11.8 Å². The summed E-state index contributed by atoms with van der Waals surface area (Å²) in [5.74, 6) is 0. The molecule has 2 heterocycles. The first kappa shape index (κ1) is 15.3. The lowest BCUT2D eigenvalue weighted by Gasteiger charge is -1.98. The third-order valence-corrected chi connectivity index (χ3v) is 4.39. The lowest BCUT2D eigenvalue weighted by Crippen LogP contribution is -2.08. The minimum absolute atomic E-state index is 0.114. The zero-order valence-corrected chi connectivity index (χ0v) is 13.9. The van der Waals surface area contributed by atoms with E-state index in [0.29, 0.717) is 21.7 Å². The highest BCUT2D eigenvalue weighted by Gasteiger charge is 2.05. The fraction of sp³-hybridized carbons (Fsp3) is 0. The molecule has 4 aromatic rings. The highest BCUT2D eigenvalue weighted by molar-refractivity contribution is 7.14. The Labute approximate surface area is 147 Å². The molecule has 0 amide bonds. The van der Waals surface area contributed by atoms with Gasteiger partial charge in [-0.1, -0.05) is 42.5 Å². The summed E-state index contributed by atoms with van der Waals surface area (Å²) in [7, 11) is 0. The van der Waals surface area contributed by atoms with Gasteiger partial charge in [0, 0.05) is 10.9 Å². The Morgan fingerprint density at radius 3 is 2.76 bits per heavy atom. The molecule has 0 bridgehead atoms. The van der Waals surface area contributed by atoms with Gasteiger partial charge in [0.2, 0.25) is 10.6 Å². The fourth-order valence-electron chi connectivity index (χ4n) is 2.41. The normalized spacial score (nSPS) is 11.2. The lowest BCUT2D eigenvalue weighted by atomic mass is 10.2. The number of hydrogen-bond acceptors (Lipinski definition) is 6. The SMILES string of the molecule is O=c1c(/C=N/Nc2nc(-c3ccccc3)cs2)coc2ccccc12. The first-order valence-corrected chi connectivity index (χ1v) is 8.50. The molecule has 1 N–H and O–H groups in total. The molecule has 0 spiro atoms. The molecular formula is C19H13N3O2S. The van der Waals surface area contributed by atoms with Crippen LogP contribution in [-0.2, 0) is 0 Å². The number of nitrogens with one attached hydrogen (secondary N) is 1. The van der Waals surface area contributed by atoms with Gasteiger partial charge in [-0.3, -0.25) is 10.2 Å². The van der Waals surface area contributed by atoms with Gasteiger partial charge in [-0.15, -0.1) is 11.3 Å². The first-order chi connectivity index (χ1) is 12.3. The number of fused-ring (bicyclic) bond motifs is 1. The van der Waals surface area contributed by atoms with E-state index in [1.807, 2.05) is 41.8 Å². The van der Waals surface area contributed by atoms with Crippen LogP contribution in [0.1, 0.15) is 5.56 Å². The molecule has 122 valence electrons. The lowest BCUT2D eigenvalue weighted by molar-refractivity contribution is 0.601. The van der Waals surface area contributed by atoms with Crippen LogP contribution in [0.25, 0.3) is 22.2 Å². The molecule has 0 saturated heterocycles. The molecule has 0 aliphatic rings. The Kier molecular flexibility index (Phi) is 4.10. The molecular weight excluding hydrogens is 334 g/mol. The van der Waals surface area contributed by atoms with Crippen LogP contribution in [0.15, 0.2) is 80.6 Å². The van der Waals surface area contributed by atoms with Crippen molar-refractivity contribution < 1.29 is 4.42 Å². The summed E-state index contributed by atoms with van der Waals surface area (Å²) in [4.78, 5) is 16.8. The smallest absolute Gasteiger partial charge is 0.203 e. The van der Waals surface area contributed by atoms with Crippen LogP contribution in [0, 0.1) is 0 Å². The maximum absolute atomic E-state index is 12.4. The summed E-state index contributed by atoms with van der Waals surface area (Å²) in [6.45, 7) is 0. The number of benzene rings is 2. The van der Waals surface area contributed by atoms with Crippen molar-refractivity contribution in [3.63, 3.8) is 0 Å². The van der Waals surface area contributed by atoms with Crippen LogP contribution in [0.4, 0.5) is 5.13 Å². The van der Waals surface area contributed by atoms with Crippen LogP contribution in [0.2, 0.25) is 0 Å². The number of nitrogens with zero attached hydrogens (tertiary/aromatic N) is 2. The van der Waals surface area contributed by atoms with Crippen molar-refractivity contribution in [3.8, 4) is 11.3 Å². The number of para-hydroxylation sites is 1. The molecule has 0 aliphatic heterocycles.